The van der Waals surface area contributed by atoms with Gasteiger partial charge in [-0.05, 0) is 52.0 Å². The number of benzene rings is 1. The Labute approximate surface area is 118 Å². The van der Waals surface area contributed by atoms with Gasteiger partial charge in [0.25, 0.3) is 5.91 Å². The van der Waals surface area contributed by atoms with E-state index in [1.165, 1.54) is 0 Å². The Morgan fingerprint density at radius 3 is 2.35 bits per heavy atom. The molecule has 1 amide bonds. The maximum atomic E-state index is 12.2. The first-order valence-corrected chi connectivity index (χ1v) is 6.62. The Hall–Kier alpha value is -2.30. The highest BCUT2D eigenvalue weighted by Crippen LogP contribution is 2.23. The molecule has 5 nitrogen and oxygen atoms in total. The molecule has 0 aliphatic carbocycles. The maximum Gasteiger partial charge on any atom is 0.255 e. The smallest absolute Gasteiger partial charge is 0.255 e. The van der Waals surface area contributed by atoms with Crippen molar-refractivity contribution in [1.29, 1.82) is 0 Å². The molecule has 1 aromatic carbocycles. The Kier molecular flexibility index (Phi) is 3.79. The van der Waals surface area contributed by atoms with Gasteiger partial charge in [-0.25, -0.2) is 0 Å². The SMILES string of the molecule is Cc1nn(C(C)C)c(C)c1NC(=O)c1ccc(N)cc1. The number of carbonyl (C=O) groups excluding carboxylic acids is 1. The molecule has 0 atom stereocenters. The van der Waals surface area contributed by atoms with Gasteiger partial charge in [0.2, 0.25) is 0 Å². The van der Waals surface area contributed by atoms with E-state index in [4.69, 9.17) is 5.73 Å². The van der Waals surface area contributed by atoms with Gasteiger partial charge in [-0.2, -0.15) is 5.10 Å². The van der Waals surface area contributed by atoms with E-state index < -0.39 is 0 Å². The first-order chi connectivity index (χ1) is 9.40. The Bertz CT molecular complexity index is 626. The van der Waals surface area contributed by atoms with Crippen molar-refractivity contribution >= 4 is 17.3 Å². The third-order valence-corrected chi connectivity index (χ3v) is 3.23. The number of nitrogen functional groups attached to an aromatic ring is 1. The lowest BCUT2D eigenvalue weighted by Gasteiger charge is -2.09. The van der Waals surface area contributed by atoms with E-state index in [1.54, 1.807) is 24.3 Å². The summed E-state index contributed by atoms with van der Waals surface area (Å²) in [5, 5.41) is 7.38. The number of hydrogen-bond donors (Lipinski definition) is 2. The monoisotopic (exact) mass is 272 g/mol. The molecule has 3 N–H and O–H groups in total. The van der Waals surface area contributed by atoms with Gasteiger partial charge in [-0.15, -0.1) is 0 Å². The zero-order chi connectivity index (χ0) is 14.9. The number of aryl methyl sites for hydroxylation is 1. The molecule has 0 spiro atoms. The van der Waals surface area contributed by atoms with E-state index in [0.717, 1.165) is 17.1 Å². The number of carbonyl (C=O) groups is 1. The van der Waals surface area contributed by atoms with Gasteiger partial charge < -0.3 is 11.1 Å². The van der Waals surface area contributed by atoms with Crippen LogP contribution in [0.4, 0.5) is 11.4 Å². The van der Waals surface area contributed by atoms with Crippen molar-refractivity contribution < 1.29 is 4.79 Å². The minimum atomic E-state index is -0.153. The van der Waals surface area contributed by atoms with Crippen molar-refractivity contribution in [2.24, 2.45) is 0 Å². The van der Waals surface area contributed by atoms with Crippen LogP contribution >= 0.6 is 0 Å². The zero-order valence-corrected chi connectivity index (χ0v) is 12.3. The lowest BCUT2D eigenvalue weighted by atomic mass is 10.2. The van der Waals surface area contributed by atoms with Crippen molar-refractivity contribution in [3.05, 3.63) is 41.2 Å². The van der Waals surface area contributed by atoms with E-state index in [9.17, 15) is 4.79 Å². The molecular weight excluding hydrogens is 252 g/mol. The number of rotatable bonds is 3. The molecule has 0 aliphatic heterocycles. The van der Waals surface area contributed by atoms with Gasteiger partial charge in [0.05, 0.1) is 17.1 Å². The van der Waals surface area contributed by atoms with Crippen LogP contribution < -0.4 is 11.1 Å². The van der Waals surface area contributed by atoms with E-state index in [-0.39, 0.29) is 11.9 Å². The molecule has 0 radical (unpaired) electrons. The van der Waals surface area contributed by atoms with Crippen molar-refractivity contribution in [3.63, 3.8) is 0 Å². The number of nitrogens with zero attached hydrogens (tertiary/aromatic N) is 2. The molecule has 0 unspecified atom stereocenters. The molecule has 2 rings (SSSR count). The minimum Gasteiger partial charge on any atom is -0.399 e. The van der Waals surface area contributed by atoms with Crippen LogP contribution in [-0.2, 0) is 0 Å². The molecule has 1 heterocycles. The molecule has 20 heavy (non-hydrogen) atoms. The number of nitrogens with one attached hydrogen (secondary N) is 1. The predicted octanol–water partition coefficient (Wildman–Crippen LogP) is 2.92. The maximum absolute atomic E-state index is 12.2. The minimum absolute atomic E-state index is 0.153. The largest absolute Gasteiger partial charge is 0.399 e. The summed E-state index contributed by atoms with van der Waals surface area (Å²) < 4.78 is 1.91. The second kappa shape index (κ2) is 5.36. The van der Waals surface area contributed by atoms with Crippen LogP contribution in [0.2, 0.25) is 0 Å². The summed E-state index contributed by atoms with van der Waals surface area (Å²) in [6, 6.07) is 7.11. The highest BCUT2D eigenvalue weighted by molar-refractivity contribution is 6.05. The quantitative estimate of drug-likeness (QED) is 0.844. The average molecular weight is 272 g/mol. The summed E-state index contributed by atoms with van der Waals surface area (Å²) in [5.41, 5.74) is 9.40. The van der Waals surface area contributed by atoms with Gasteiger partial charge in [-0.3, -0.25) is 9.48 Å². The van der Waals surface area contributed by atoms with Crippen molar-refractivity contribution in [2.45, 2.75) is 33.7 Å². The molecule has 0 saturated heterocycles. The molecule has 106 valence electrons. The summed E-state index contributed by atoms with van der Waals surface area (Å²) in [6.45, 7) is 7.97. The number of hydrogen-bond acceptors (Lipinski definition) is 3. The van der Waals surface area contributed by atoms with Gasteiger partial charge in [0.15, 0.2) is 0 Å². The summed E-state index contributed by atoms with van der Waals surface area (Å²) in [4.78, 5) is 12.2. The topological polar surface area (TPSA) is 72.9 Å². The highest BCUT2D eigenvalue weighted by atomic mass is 16.1. The van der Waals surface area contributed by atoms with Crippen LogP contribution in [0.3, 0.4) is 0 Å². The second-order valence-corrected chi connectivity index (χ2v) is 5.16. The third kappa shape index (κ3) is 2.66. The molecule has 5 heteroatoms. The van der Waals surface area contributed by atoms with E-state index in [2.05, 4.69) is 24.3 Å². The summed E-state index contributed by atoms with van der Waals surface area (Å²) in [6.07, 6.45) is 0. The lowest BCUT2D eigenvalue weighted by molar-refractivity contribution is 0.102. The van der Waals surface area contributed by atoms with E-state index >= 15 is 0 Å². The number of nitrogens with two attached hydrogens (primary N) is 1. The zero-order valence-electron chi connectivity index (χ0n) is 12.3. The fourth-order valence-electron chi connectivity index (χ4n) is 2.17. The average Bonchev–Trinajstić information content (AvgIpc) is 2.67. The first-order valence-electron chi connectivity index (χ1n) is 6.62. The normalized spacial score (nSPS) is 10.8. The molecule has 0 bridgehead atoms. The Balaban J connectivity index is 2.26. The fraction of sp³-hybridized carbons (Fsp3) is 0.333. The number of aromatic nitrogens is 2. The first kappa shape index (κ1) is 14.1. The lowest BCUT2D eigenvalue weighted by Crippen LogP contribution is -2.13. The summed E-state index contributed by atoms with van der Waals surface area (Å²) in [7, 11) is 0. The highest BCUT2D eigenvalue weighted by Gasteiger charge is 2.16. The third-order valence-electron chi connectivity index (χ3n) is 3.23. The van der Waals surface area contributed by atoms with Crippen LogP contribution in [0.15, 0.2) is 24.3 Å². The number of amides is 1. The van der Waals surface area contributed by atoms with Gasteiger partial charge in [0.1, 0.15) is 0 Å². The summed E-state index contributed by atoms with van der Waals surface area (Å²) in [5.74, 6) is -0.153. The standard InChI is InChI=1S/C15H20N4O/c1-9(2)19-11(4)14(10(3)18-19)17-15(20)12-5-7-13(16)8-6-12/h5-9H,16H2,1-4H3,(H,17,20). The van der Waals surface area contributed by atoms with Crippen molar-refractivity contribution in [2.75, 3.05) is 11.1 Å². The fourth-order valence-corrected chi connectivity index (χ4v) is 2.17. The van der Waals surface area contributed by atoms with Gasteiger partial charge >= 0.3 is 0 Å². The van der Waals surface area contributed by atoms with Crippen LogP contribution in [0, 0.1) is 13.8 Å². The molecule has 0 aliphatic rings. The van der Waals surface area contributed by atoms with E-state index in [1.807, 2.05) is 18.5 Å². The van der Waals surface area contributed by atoms with Gasteiger partial charge in [-0.1, -0.05) is 0 Å². The molecular formula is C15H20N4O. The van der Waals surface area contributed by atoms with Crippen LogP contribution in [0.25, 0.3) is 0 Å². The molecule has 2 aromatic rings. The van der Waals surface area contributed by atoms with Crippen molar-refractivity contribution in [1.82, 2.24) is 9.78 Å². The Morgan fingerprint density at radius 2 is 1.85 bits per heavy atom. The molecule has 1 aromatic heterocycles. The second-order valence-electron chi connectivity index (χ2n) is 5.16. The van der Waals surface area contributed by atoms with Crippen LogP contribution in [-0.4, -0.2) is 15.7 Å². The molecule has 0 saturated carbocycles. The van der Waals surface area contributed by atoms with Gasteiger partial charge in [0, 0.05) is 17.3 Å². The van der Waals surface area contributed by atoms with E-state index in [0.29, 0.717) is 11.3 Å². The Morgan fingerprint density at radius 1 is 1.25 bits per heavy atom. The predicted molar refractivity (Wildman–Crippen MR) is 80.9 cm³/mol. The van der Waals surface area contributed by atoms with Crippen molar-refractivity contribution in [3.8, 4) is 0 Å². The number of anilines is 2. The summed E-state index contributed by atoms with van der Waals surface area (Å²) >= 11 is 0. The molecule has 0 fully saturated rings. The van der Waals surface area contributed by atoms with Crippen LogP contribution in [0.5, 0.6) is 0 Å². The van der Waals surface area contributed by atoms with Crippen LogP contribution in [0.1, 0.15) is 41.6 Å².